The number of halogens is 3. The van der Waals surface area contributed by atoms with Gasteiger partial charge in [-0.25, -0.2) is 4.98 Å². The molecule has 0 aliphatic heterocycles. The molecule has 0 fully saturated rings. The van der Waals surface area contributed by atoms with Crippen molar-refractivity contribution in [2.75, 3.05) is 32.1 Å². The van der Waals surface area contributed by atoms with Crippen molar-refractivity contribution in [3.63, 3.8) is 0 Å². The molecule has 8 nitrogen and oxygen atoms in total. The number of amides is 1. The molecule has 0 saturated heterocycles. The zero-order valence-corrected chi connectivity index (χ0v) is 18.4. The molecule has 0 bridgehead atoms. The first-order chi connectivity index (χ1) is 15.5. The van der Waals surface area contributed by atoms with Gasteiger partial charge in [0.25, 0.3) is 11.6 Å². The van der Waals surface area contributed by atoms with Crippen molar-refractivity contribution in [2.45, 2.75) is 6.36 Å². The van der Waals surface area contributed by atoms with E-state index in [1.807, 2.05) is 19.0 Å². The van der Waals surface area contributed by atoms with Crippen molar-refractivity contribution in [1.29, 1.82) is 0 Å². The summed E-state index contributed by atoms with van der Waals surface area (Å²) in [6.07, 6.45) is -1.96. The van der Waals surface area contributed by atoms with Gasteiger partial charge in [-0.3, -0.25) is 19.8 Å². The summed E-state index contributed by atoms with van der Waals surface area (Å²) in [6.45, 7) is 0.817. The number of alkyl halides is 3. The number of rotatable bonds is 8. The fourth-order valence-electron chi connectivity index (χ4n) is 2.77. The number of nitro benzene ring substituents is 1. The third kappa shape index (κ3) is 6.73. The third-order valence-corrected chi connectivity index (χ3v) is 5.41. The highest BCUT2D eigenvalue weighted by Gasteiger charge is 2.31. The van der Waals surface area contributed by atoms with Crippen LogP contribution in [0.2, 0.25) is 0 Å². The molecule has 12 heteroatoms. The number of aromatic nitrogens is 1. The van der Waals surface area contributed by atoms with Gasteiger partial charge in [-0.1, -0.05) is 11.3 Å². The second kappa shape index (κ2) is 9.96. The van der Waals surface area contributed by atoms with Crippen molar-refractivity contribution in [3.8, 4) is 5.75 Å². The molecule has 0 radical (unpaired) electrons. The molecule has 0 spiro atoms. The van der Waals surface area contributed by atoms with Crippen LogP contribution < -0.4 is 9.64 Å². The number of carbonyl (C=O) groups is 1. The Morgan fingerprint density at radius 2 is 1.88 bits per heavy atom. The molecule has 1 heterocycles. The zero-order chi connectivity index (χ0) is 24.2. The maximum Gasteiger partial charge on any atom is 0.573 e. The quantitative estimate of drug-likeness (QED) is 0.264. The molecular weight excluding hydrogens is 461 g/mol. The lowest BCUT2D eigenvalue weighted by Crippen LogP contribution is -2.35. The van der Waals surface area contributed by atoms with Crippen molar-refractivity contribution in [2.24, 2.45) is 0 Å². The summed E-state index contributed by atoms with van der Waals surface area (Å²) in [7, 11) is 3.68. The Morgan fingerprint density at radius 1 is 1.18 bits per heavy atom. The summed E-state index contributed by atoms with van der Waals surface area (Å²) in [6, 6.07) is 9.50. The van der Waals surface area contributed by atoms with Gasteiger partial charge in [-0.15, -0.1) is 13.2 Å². The van der Waals surface area contributed by atoms with Gasteiger partial charge in [0.1, 0.15) is 5.75 Å². The Balaban J connectivity index is 1.85. The number of carbonyl (C=O) groups excluding carboxylic acids is 1. The van der Waals surface area contributed by atoms with Crippen molar-refractivity contribution >= 4 is 44.4 Å². The normalized spacial score (nSPS) is 11.9. The van der Waals surface area contributed by atoms with E-state index in [0.29, 0.717) is 34.0 Å². The van der Waals surface area contributed by atoms with E-state index in [1.54, 1.807) is 0 Å². The summed E-state index contributed by atoms with van der Waals surface area (Å²) in [5.41, 5.74) is 0.973. The Bertz CT molecular complexity index is 1180. The first kappa shape index (κ1) is 24.1. The molecule has 174 valence electrons. The first-order valence-corrected chi connectivity index (χ1v) is 10.4. The number of ether oxygens (including phenoxy) is 1. The van der Waals surface area contributed by atoms with Crippen LogP contribution in [0.1, 0.15) is 5.56 Å². The van der Waals surface area contributed by atoms with Crippen LogP contribution in [0.25, 0.3) is 16.3 Å². The van der Waals surface area contributed by atoms with Crippen LogP contribution in [0.15, 0.2) is 48.5 Å². The molecule has 0 unspecified atom stereocenters. The van der Waals surface area contributed by atoms with Gasteiger partial charge in [0.15, 0.2) is 5.13 Å². The maximum absolute atomic E-state index is 12.9. The highest BCUT2D eigenvalue weighted by Crippen LogP contribution is 2.33. The van der Waals surface area contributed by atoms with Crippen molar-refractivity contribution in [3.05, 3.63) is 64.2 Å². The van der Waals surface area contributed by atoms with Gasteiger partial charge in [-0.05, 0) is 50.0 Å². The second-order valence-electron chi connectivity index (χ2n) is 7.15. The molecule has 0 aliphatic carbocycles. The van der Waals surface area contributed by atoms with Gasteiger partial charge in [0, 0.05) is 37.4 Å². The van der Waals surface area contributed by atoms with E-state index in [1.165, 1.54) is 59.5 Å². The molecule has 0 atom stereocenters. The second-order valence-corrected chi connectivity index (χ2v) is 8.16. The number of anilines is 1. The summed E-state index contributed by atoms with van der Waals surface area (Å²) < 4.78 is 41.9. The van der Waals surface area contributed by atoms with E-state index in [-0.39, 0.29) is 17.3 Å². The third-order valence-electron chi connectivity index (χ3n) is 4.37. The number of likely N-dealkylation sites (N-methyl/N-ethyl adjacent to an activating group) is 1. The van der Waals surface area contributed by atoms with Gasteiger partial charge in [0.05, 0.1) is 15.1 Å². The van der Waals surface area contributed by atoms with E-state index < -0.39 is 11.3 Å². The minimum atomic E-state index is -4.81. The minimum Gasteiger partial charge on any atom is -0.406 e. The molecule has 3 rings (SSSR count). The number of benzene rings is 2. The summed E-state index contributed by atoms with van der Waals surface area (Å²) in [4.78, 5) is 30.9. The van der Waals surface area contributed by atoms with Crippen LogP contribution in [-0.4, -0.2) is 54.3 Å². The van der Waals surface area contributed by atoms with Gasteiger partial charge in [-0.2, -0.15) is 0 Å². The number of thiazole rings is 1. The van der Waals surface area contributed by atoms with Gasteiger partial charge in [0.2, 0.25) is 0 Å². The van der Waals surface area contributed by atoms with E-state index in [9.17, 15) is 28.1 Å². The number of hydrogen-bond donors (Lipinski definition) is 0. The van der Waals surface area contributed by atoms with Crippen LogP contribution in [0.3, 0.4) is 0 Å². The summed E-state index contributed by atoms with van der Waals surface area (Å²) in [5.74, 6) is -0.754. The Labute approximate surface area is 190 Å². The summed E-state index contributed by atoms with van der Waals surface area (Å²) >= 11 is 1.07. The topological polar surface area (TPSA) is 88.8 Å². The van der Waals surface area contributed by atoms with Gasteiger partial charge < -0.3 is 9.64 Å². The lowest BCUT2D eigenvalue weighted by Gasteiger charge is -2.20. The zero-order valence-electron chi connectivity index (χ0n) is 17.6. The number of fused-ring (bicyclic) bond motifs is 1. The molecule has 0 aliphatic rings. The largest absolute Gasteiger partial charge is 0.573 e. The average Bonchev–Trinajstić information content (AvgIpc) is 3.14. The monoisotopic (exact) mass is 480 g/mol. The van der Waals surface area contributed by atoms with Gasteiger partial charge >= 0.3 is 6.36 Å². The molecular formula is C21H19F3N4O4S. The predicted molar refractivity (Wildman–Crippen MR) is 119 cm³/mol. The smallest absolute Gasteiger partial charge is 0.406 e. The van der Waals surface area contributed by atoms with Crippen LogP contribution in [0, 0.1) is 10.1 Å². The lowest BCUT2D eigenvalue weighted by atomic mass is 10.2. The van der Waals surface area contributed by atoms with Crippen LogP contribution in [0.4, 0.5) is 24.0 Å². The highest BCUT2D eigenvalue weighted by molar-refractivity contribution is 7.22. The van der Waals surface area contributed by atoms with E-state index in [0.717, 1.165) is 11.3 Å². The van der Waals surface area contributed by atoms with Crippen LogP contribution in [-0.2, 0) is 4.79 Å². The van der Waals surface area contributed by atoms with E-state index in [4.69, 9.17) is 0 Å². The van der Waals surface area contributed by atoms with E-state index >= 15 is 0 Å². The Hall–Kier alpha value is -3.51. The molecule has 2 aromatic carbocycles. The lowest BCUT2D eigenvalue weighted by molar-refractivity contribution is -0.384. The molecule has 0 N–H and O–H groups in total. The first-order valence-electron chi connectivity index (χ1n) is 9.57. The van der Waals surface area contributed by atoms with E-state index in [2.05, 4.69) is 9.72 Å². The maximum atomic E-state index is 12.9. The molecule has 1 amide bonds. The predicted octanol–water partition coefficient (Wildman–Crippen LogP) is 4.71. The minimum absolute atomic E-state index is 0.0607. The average molecular weight is 480 g/mol. The number of nitro groups is 1. The van der Waals surface area contributed by atoms with Crippen LogP contribution >= 0.6 is 11.3 Å². The standard InChI is InChI=1S/C21H19F3N4O4S/c1-26(2)11-12-27(19(29)10-5-14-3-6-15(7-4-14)28(30)31)20-25-17-9-8-16(13-18(17)33-20)32-21(22,23)24/h3-10,13H,11-12H2,1-2H3/b10-5-. The number of non-ortho nitro benzene ring substituents is 1. The fraction of sp³-hybridized carbons (Fsp3) is 0.238. The Morgan fingerprint density at radius 3 is 2.48 bits per heavy atom. The number of nitrogens with zero attached hydrogens (tertiary/aromatic N) is 4. The highest BCUT2D eigenvalue weighted by atomic mass is 32.1. The number of hydrogen-bond acceptors (Lipinski definition) is 7. The molecule has 0 saturated carbocycles. The summed E-state index contributed by atoms with van der Waals surface area (Å²) in [5, 5.41) is 11.1. The fourth-order valence-corrected chi connectivity index (χ4v) is 3.80. The Kier molecular flexibility index (Phi) is 7.29. The molecule has 3 aromatic rings. The van der Waals surface area contributed by atoms with Crippen LogP contribution in [0.5, 0.6) is 5.75 Å². The SMILES string of the molecule is CN(C)CCN(C(=O)/C=C\c1ccc([N+](=O)[O-])cc1)c1nc2ccc(OC(F)(F)F)cc2s1. The molecule has 1 aromatic heterocycles. The van der Waals surface area contributed by atoms with Crippen molar-refractivity contribution < 1.29 is 27.6 Å². The van der Waals surface area contributed by atoms with Crippen molar-refractivity contribution in [1.82, 2.24) is 9.88 Å². The molecule has 33 heavy (non-hydrogen) atoms.